The fraction of sp³-hybridized carbons (Fsp3) is 0.333. The smallest absolute Gasteiger partial charge is 0.356 e. The van der Waals surface area contributed by atoms with Crippen molar-refractivity contribution in [1.82, 2.24) is 19.9 Å². The molecule has 9 nitrogen and oxygen atoms in total. The highest BCUT2D eigenvalue weighted by molar-refractivity contribution is 5.86. The second-order valence-electron chi connectivity index (χ2n) is 3.27. The fourth-order valence-corrected chi connectivity index (χ4v) is 0.949. The Bertz CT molecular complexity index is 502. The minimum atomic E-state index is -0.984. The maximum absolute atomic E-state index is 10.8. The number of carboxylic acid groups (broad SMARTS) is 1. The van der Waals surface area contributed by atoms with Gasteiger partial charge in [-0.2, -0.15) is 0 Å². The van der Waals surface area contributed by atoms with E-state index in [0.717, 1.165) is 0 Å². The number of halogens is 1. The van der Waals surface area contributed by atoms with E-state index in [2.05, 4.69) is 24.7 Å². The monoisotopic (exact) mass is 334 g/mol. The van der Waals surface area contributed by atoms with Gasteiger partial charge in [0.1, 0.15) is 11.4 Å². The number of aromatic nitrogens is 4. The lowest BCUT2D eigenvalue weighted by Gasteiger charge is -1.95. The van der Waals surface area contributed by atoms with Gasteiger partial charge >= 0.3 is 11.9 Å². The number of aliphatic hydroxyl groups is 1. The van der Waals surface area contributed by atoms with Crippen LogP contribution in [0.1, 0.15) is 34.8 Å². The summed E-state index contributed by atoms with van der Waals surface area (Å²) in [6.07, 6.45) is 5.44. The number of H-pyrrole nitrogens is 2. The highest BCUT2D eigenvalue weighted by atomic mass is 35.5. The van der Waals surface area contributed by atoms with E-state index < -0.39 is 5.97 Å². The van der Waals surface area contributed by atoms with Crippen molar-refractivity contribution >= 4 is 24.3 Å². The number of esters is 1. The second kappa shape index (κ2) is 13.6. The number of carbonyl (C=O) groups is 2. The van der Waals surface area contributed by atoms with Crippen molar-refractivity contribution in [3.8, 4) is 0 Å². The fourth-order valence-electron chi connectivity index (χ4n) is 0.949. The third-order valence-electron chi connectivity index (χ3n) is 1.72. The SMILES string of the molecule is CCO.CCOC(=O)c1cnc[nH]1.Cl.O=C(O)c1cnc[nH]1. The summed E-state index contributed by atoms with van der Waals surface area (Å²) in [7, 11) is 0. The molecule has 0 aromatic carbocycles. The third kappa shape index (κ3) is 9.50. The Morgan fingerprint density at radius 3 is 1.86 bits per heavy atom. The zero-order valence-corrected chi connectivity index (χ0v) is 13.0. The third-order valence-corrected chi connectivity index (χ3v) is 1.72. The first-order valence-corrected chi connectivity index (χ1v) is 6.04. The molecule has 0 aliphatic carbocycles. The standard InChI is InChI=1S/C6H8N2O2.C4H4N2O2.C2H6O.ClH/c1-2-10-6(9)5-3-7-4-8-5;7-4(8)3-1-5-2-6-3;1-2-3;/h3-4H,2H2,1H3,(H,7,8);1-2H,(H,5,6)(H,7,8);3H,2H2,1H3;1H. The largest absolute Gasteiger partial charge is 0.477 e. The Morgan fingerprint density at radius 2 is 1.59 bits per heavy atom. The molecule has 0 aliphatic heterocycles. The van der Waals surface area contributed by atoms with E-state index in [1.807, 2.05) is 0 Å². The molecule has 0 radical (unpaired) electrons. The van der Waals surface area contributed by atoms with Crippen LogP contribution in [-0.2, 0) is 4.74 Å². The van der Waals surface area contributed by atoms with Gasteiger partial charge in [0.25, 0.3) is 0 Å². The minimum Gasteiger partial charge on any atom is -0.477 e. The normalized spacial score (nSPS) is 8.32. The van der Waals surface area contributed by atoms with Crippen molar-refractivity contribution in [3.63, 3.8) is 0 Å². The van der Waals surface area contributed by atoms with Crippen LogP contribution in [-0.4, -0.2) is 55.3 Å². The van der Waals surface area contributed by atoms with E-state index >= 15 is 0 Å². The van der Waals surface area contributed by atoms with Gasteiger partial charge in [-0.25, -0.2) is 19.6 Å². The molecule has 0 saturated heterocycles. The van der Waals surface area contributed by atoms with Crippen LogP contribution in [0, 0.1) is 0 Å². The van der Waals surface area contributed by atoms with Gasteiger partial charge < -0.3 is 24.9 Å². The molecule has 0 fully saturated rings. The van der Waals surface area contributed by atoms with Crippen LogP contribution in [0.4, 0.5) is 0 Å². The minimum absolute atomic E-state index is 0. The molecule has 0 unspecified atom stereocenters. The van der Waals surface area contributed by atoms with Crippen molar-refractivity contribution in [1.29, 1.82) is 0 Å². The zero-order chi connectivity index (χ0) is 16.1. The van der Waals surface area contributed by atoms with Crippen molar-refractivity contribution in [3.05, 3.63) is 36.4 Å². The van der Waals surface area contributed by atoms with Crippen LogP contribution < -0.4 is 0 Å². The lowest BCUT2D eigenvalue weighted by molar-refractivity contribution is 0.0519. The lowest BCUT2D eigenvalue weighted by Crippen LogP contribution is -2.04. The van der Waals surface area contributed by atoms with Crippen LogP contribution in [0.15, 0.2) is 25.0 Å². The molecule has 2 aromatic heterocycles. The molecule has 0 aliphatic rings. The number of carbonyl (C=O) groups excluding carboxylic acids is 1. The van der Waals surface area contributed by atoms with Gasteiger partial charge in [0.2, 0.25) is 0 Å². The summed E-state index contributed by atoms with van der Waals surface area (Å²) in [4.78, 5) is 33.0. The lowest BCUT2D eigenvalue weighted by atomic mass is 10.5. The van der Waals surface area contributed by atoms with Crippen LogP contribution in [0.25, 0.3) is 0 Å². The summed E-state index contributed by atoms with van der Waals surface area (Å²) < 4.78 is 4.68. The molecule has 0 spiro atoms. The van der Waals surface area contributed by atoms with Crippen molar-refractivity contribution in [2.45, 2.75) is 13.8 Å². The molecule has 0 bridgehead atoms. The number of nitrogens with one attached hydrogen (secondary N) is 2. The molecule has 0 atom stereocenters. The molecule has 2 heterocycles. The molecule has 0 amide bonds. The second-order valence-corrected chi connectivity index (χ2v) is 3.27. The Balaban J connectivity index is 0. The molecule has 2 rings (SSSR count). The van der Waals surface area contributed by atoms with Crippen molar-refractivity contribution < 1.29 is 24.5 Å². The average Bonchev–Trinajstić information content (AvgIpc) is 3.14. The topological polar surface area (TPSA) is 141 Å². The molecule has 10 heteroatoms. The van der Waals surface area contributed by atoms with Gasteiger partial charge in [0.15, 0.2) is 0 Å². The van der Waals surface area contributed by atoms with E-state index in [1.165, 1.54) is 25.0 Å². The Labute approximate surface area is 133 Å². The van der Waals surface area contributed by atoms with Crippen LogP contribution in [0.5, 0.6) is 0 Å². The molecule has 124 valence electrons. The molecule has 22 heavy (non-hydrogen) atoms. The molecular weight excluding hydrogens is 316 g/mol. The summed E-state index contributed by atoms with van der Waals surface area (Å²) in [5.74, 6) is -1.34. The number of aromatic amines is 2. The van der Waals surface area contributed by atoms with E-state index in [4.69, 9.17) is 10.2 Å². The summed E-state index contributed by atoms with van der Waals surface area (Å²) in [5, 5.41) is 15.8. The summed E-state index contributed by atoms with van der Waals surface area (Å²) in [6.45, 7) is 4.08. The van der Waals surface area contributed by atoms with Crippen LogP contribution >= 0.6 is 12.4 Å². The van der Waals surface area contributed by atoms with Gasteiger partial charge in [-0.05, 0) is 13.8 Å². The molecular formula is C12H19ClN4O5. The first-order valence-electron chi connectivity index (χ1n) is 6.04. The number of rotatable bonds is 3. The van der Waals surface area contributed by atoms with E-state index in [-0.39, 0.29) is 30.7 Å². The van der Waals surface area contributed by atoms with E-state index in [9.17, 15) is 9.59 Å². The Kier molecular flexibility index (Phi) is 13.5. The van der Waals surface area contributed by atoms with Gasteiger partial charge in [-0.15, -0.1) is 12.4 Å². The maximum Gasteiger partial charge on any atom is 0.356 e. The highest BCUT2D eigenvalue weighted by Gasteiger charge is 2.05. The number of ether oxygens (including phenoxy) is 1. The van der Waals surface area contributed by atoms with E-state index in [1.54, 1.807) is 13.8 Å². The summed E-state index contributed by atoms with van der Waals surface area (Å²) >= 11 is 0. The van der Waals surface area contributed by atoms with Gasteiger partial charge in [0, 0.05) is 6.61 Å². The first-order chi connectivity index (χ1) is 10.1. The highest BCUT2D eigenvalue weighted by Crippen LogP contribution is 1.93. The predicted octanol–water partition coefficient (Wildman–Crippen LogP) is 1.11. The van der Waals surface area contributed by atoms with Crippen molar-refractivity contribution in [2.24, 2.45) is 0 Å². The predicted molar refractivity (Wildman–Crippen MR) is 80.1 cm³/mol. The van der Waals surface area contributed by atoms with Gasteiger partial charge in [-0.1, -0.05) is 0 Å². The average molecular weight is 335 g/mol. The Morgan fingerprint density at radius 1 is 1.14 bits per heavy atom. The number of carboxylic acids is 1. The quantitative estimate of drug-likeness (QED) is 0.616. The van der Waals surface area contributed by atoms with E-state index in [0.29, 0.717) is 12.3 Å². The number of nitrogens with zero attached hydrogens (tertiary/aromatic N) is 2. The van der Waals surface area contributed by atoms with Gasteiger partial charge in [0.05, 0.1) is 31.7 Å². The molecule has 4 N–H and O–H groups in total. The number of aliphatic hydroxyl groups excluding tert-OH is 1. The first kappa shape index (κ1) is 21.9. The molecule has 0 saturated carbocycles. The number of hydrogen-bond donors (Lipinski definition) is 4. The number of hydrogen-bond acceptors (Lipinski definition) is 6. The zero-order valence-electron chi connectivity index (χ0n) is 12.1. The number of imidazole rings is 2. The number of aromatic carboxylic acids is 1. The maximum atomic E-state index is 10.8. The summed E-state index contributed by atoms with van der Waals surface area (Å²) in [5.41, 5.74) is 0.506. The molecule has 2 aromatic rings. The van der Waals surface area contributed by atoms with Gasteiger partial charge in [-0.3, -0.25) is 0 Å². The van der Waals surface area contributed by atoms with Crippen LogP contribution in [0.2, 0.25) is 0 Å². The van der Waals surface area contributed by atoms with Crippen LogP contribution in [0.3, 0.4) is 0 Å². The Hall–Kier alpha value is -2.39. The van der Waals surface area contributed by atoms with Crippen molar-refractivity contribution in [2.75, 3.05) is 13.2 Å². The summed E-state index contributed by atoms with van der Waals surface area (Å²) in [6, 6.07) is 0.